The Balaban J connectivity index is 1.57. The molecule has 1 amide bonds. The van der Waals surface area contributed by atoms with E-state index < -0.39 is 5.91 Å². The molecular weight excluding hydrogens is 393 g/mol. The number of nitrogen functional groups attached to an aromatic ring is 1. The van der Waals surface area contributed by atoms with Crippen molar-refractivity contribution in [3.63, 3.8) is 0 Å². The number of amides is 1. The van der Waals surface area contributed by atoms with Crippen molar-refractivity contribution in [2.75, 3.05) is 5.73 Å². The van der Waals surface area contributed by atoms with Gasteiger partial charge in [-0.1, -0.05) is 41.2 Å². The van der Waals surface area contributed by atoms with Crippen LogP contribution in [-0.4, -0.2) is 22.0 Å². The monoisotopic (exact) mass is 407 g/mol. The molecule has 0 aromatic carbocycles. The van der Waals surface area contributed by atoms with Crippen molar-refractivity contribution in [3.8, 4) is 0 Å². The van der Waals surface area contributed by atoms with Crippen molar-refractivity contribution in [2.24, 2.45) is 11.8 Å². The molecule has 0 radical (unpaired) electrons. The topological polar surface area (TPSA) is 92.1 Å². The lowest BCUT2D eigenvalue weighted by molar-refractivity contribution is 0.0938. The molecule has 6 nitrogen and oxygen atoms in total. The SMILES string of the molecule is Nc1c(Cl)c(Cl)nc(C(=O)NNC(=S)N[C@H]2C[C@@H]3CC[C@H]2C3)c1Cl. The van der Waals surface area contributed by atoms with Crippen molar-refractivity contribution < 1.29 is 4.79 Å². The standard InChI is InChI=1S/C14H16Cl3N5OS/c15-8-10(18)9(16)12(17)20-11(8)13(23)21-22-14(24)19-7-4-5-1-2-6(7)3-5/h5-7H,1-4H2,(H2,18,20)(H,21,23)(H2,19,22,24)/t5-,6+,7+/m1/s1. The van der Waals surface area contributed by atoms with Crippen molar-refractivity contribution >= 4 is 63.7 Å². The molecule has 0 unspecified atom stereocenters. The van der Waals surface area contributed by atoms with Crippen LogP contribution in [0.1, 0.15) is 36.2 Å². The zero-order valence-corrected chi connectivity index (χ0v) is 15.6. The summed E-state index contributed by atoms with van der Waals surface area (Å²) < 4.78 is 0. The second-order valence-electron chi connectivity index (χ2n) is 6.13. The predicted octanol–water partition coefficient (Wildman–Crippen LogP) is 2.92. The number of aromatic nitrogens is 1. The lowest BCUT2D eigenvalue weighted by Crippen LogP contribution is -2.51. The van der Waals surface area contributed by atoms with Crippen LogP contribution in [0.5, 0.6) is 0 Å². The molecule has 5 N–H and O–H groups in total. The van der Waals surface area contributed by atoms with E-state index in [2.05, 4.69) is 21.2 Å². The maximum Gasteiger partial charge on any atom is 0.289 e. The van der Waals surface area contributed by atoms with Crippen LogP contribution in [0.25, 0.3) is 0 Å². The molecule has 1 aromatic heterocycles. The highest BCUT2D eigenvalue weighted by Crippen LogP contribution is 2.44. The summed E-state index contributed by atoms with van der Waals surface area (Å²) in [5.74, 6) is 0.853. The molecule has 2 saturated carbocycles. The maximum absolute atomic E-state index is 12.2. The number of carbonyl (C=O) groups excluding carboxylic acids is 1. The largest absolute Gasteiger partial charge is 0.396 e. The number of nitrogens with two attached hydrogens (primary N) is 1. The van der Waals surface area contributed by atoms with Gasteiger partial charge in [-0.2, -0.15) is 0 Å². The number of halogens is 3. The molecule has 130 valence electrons. The van der Waals surface area contributed by atoms with Crippen LogP contribution in [0.3, 0.4) is 0 Å². The number of hydrogen-bond donors (Lipinski definition) is 4. The van der Waals surface area contributed by atoms with Gasteiger partial charge in [-0.05, 0) is 43.3 Å². The molecule has 2 aliphatic rings. The third-order valence-corrected chi connectivity index (χ3v) is 5.99. The van der Waals surface area contributed by atoms with Crippen molar-refractivity contribution in [1.82, 2.24) is 21.2 Å². The summed E-state index contributed by atoms with van der Waals surface area (Å²) in [7, 11) is 0. The van der Waals surface area contributed by atoms with Gasteiger partial charge in [0, 0.05) is 6.04 Å². The number of hydrogen-bond acceptors (Lipinski definition) is 4. The number of thiocarbonyl (C=S) groups is 1. The Labute approximate surface area is 159 Å². The van der Waals surface area contributed by atoms with Gasteiger partial charge in [0.2, 0.25) is 0 Å². The Morgan fingerprint density at radius 3 is 2.54 bits per heavy atom. The first kappa shape index (κ1) is 17.8. The van der Waals surface area contributed by atoms with E-state index in [1.165, 1.54) is 19.3 Å². The minimum absolute atomic E-state index is 0.00571. The maximum atomic E-state index is 12.2. The molecule has 0 spiro atoms. The first-order valence-corrected chi connectivity index (χ1v) is 9.07. The summed E-state index contributed by atoms with van der Waals surface area (Å²) in [6, 6.07) is 0.364. The lowest BCUT2D eigenvalue weighted by atomic mass is 9.96. The summed E-state index contributed by atoms with van der Waals surface area (Å²) in [5, 5.41) is 3.46. The molecule has 2 fully saturated rings. The number of nitrogens with zero attached hydrogens (tertiary/aromatic N) is 1. The molecule has 1 aromatic rings. The summed E-state index contributed by atoms with van der Waals surface area (Å²) in [5.41, 5.74) is 10.7. The Hall–Kier alpha value is -1.02. The van der Waals surface area contributed by atoms with Gasteiger partial charge in [-0.25, -0.2) is 4.98 Å². The summed E-state index contributed by atoms with van der Waals surface area (Å²) >= 11 is 22.9. The highest BCUT2D eigenvalue weighted by atomic mass is 35.5. The number of fused-ring (bicyclic) bond motifs is 2. The molecule has 3 atom stereocenters. The molecule has 1 heterocycles. The van der Waals surface area contributed by atoms with Crippen LogP contribution < -0.4 is 21.9 Å². The van der Waals surface area contributed by atoms with E-state index in [0.717, 1.165) is 12.3 Å². The number of carbonyl (C=O) groups is 1. The van der Waals surface area contributed by atoms with Crippen LogP contribution in [0.4, 0.5) is 5.69 Å². The quantitative estimate of drug-likeness (QED) is 0.342. The first-order valence-electron chi connectivity index (χ1n) is 7.53. The molecule has 2 bridgehead atoms. The second-order valence-corrected chi connectivity index (χ2v) is 7.65. The normalized spacial score (nSPS) is 24.7. The third-order valence-electron chi connectivity index (χ3n) is 4.63. The van der Waals surface area contributed by atoms with E-state index in [9.17, 15) is 4.79 Å². The second kappa shape index (κ2) is 7.07. The Bertz CT molecular complexity index is 701. The Morgan fingerprint density at radius 2 is 1.92 bits per heavy atom. The molecular formula is C14H16Cl3N5OS. The van der Waals surface area contributed by atoms with E-state index >= 15 is 0 Å². The minimum atomic E-state index is -0.609. The molecule has 0 saturated heterocycles. The first-order chi connectivity index (χ1) is 11.4. The lowest BCUT2D eigenvalue weighted by Gasteiger charge is -2.24. The van der Waals surface area contributed by atoms with E-state index in [-0.39, 0.29) is 26.6 Å². The number of pyridine rings is 1. The van der Waals surface area contributed by atoms with Gasteiger partial charge >= 0.3 is 0 Å². The molecule has 10 heteroatoms. The third kappa shape index (κ3) is 3.49. The van der Waals surface area contributed by atoms with E-state index in [4.69, 9.17) is 52.8 Å². The highest BCUT2D eigenvalue weighted by Gasteiger charge is 2.39. The van der Waals surface area contributed by atoms with Crippen molar-refractivity contribution in [2.45, 2.75) is 31.7 Å². The van der Waals surface area contributed by atoms with Crippen molar-refractivity contribution in [3.05, 3.63) is 20.9 Å². The number of rotatable bonds is 2. The number of nitrogens with one attached hydrogen (secondary N) is 3. The smallest absolute Gasteiger partial charge is 0.289 e. The fourth-order valence-corrected chi connectivity index (χ4v) is 4.28. The highest BCUT2D eigenvalue weighted by molar-refractivity contribution is 7.80. The van der Waals surface area contributed by atoms with Crippen LogP contribution in [0.15, 0.2) is 0 Å². The zero-order chi connectivity index (χ0) is 17.4. The van der Waals surface area contributed by atoms with Gasteiger partial charge in [0.05, 0.1) is 10.7 Å². The summed E-state index contributed by atoms with van der Waals surface area (Å²) in [4.78, 5) is 16.0. The predicted molar refractivity (Wildman–Crippen MR) is 99.3 cm³/mol. The van der Waals surface area contributed by atoms with Gasteiger partial charge in [0.15, 0.2) is 16.0 Å². The summed E-state index contributed by atoms with van der Waals surface area (Å²) in [6.45, 7) is 0. The Kier molecular flexibility index (Phi) is 5.24. The van der Waals surface area contributed by atoms with Crippen LogP contribution in [-0.2, 0) is 0 Å². The van der Waals surface area contributed by atoms with Gasteiger partial charge in [-0.15, -0.1) is 0 Å². The van der Waals surface area contributed by atoms with E-state index in [0.29, 0.717) is 17.1 Å². The average molecular weight is 409 g/mol. The zero-order valence-electron chi connectivity index (χ0n) is 12.5. The van der Waals surface area contributed by atoms with Gasteiger partial charge in [-0.3, -0.25) is 15.6 Å². The van der Waals surface area contributed by atoms with Gasteiger partial charge in [0.25, 0.3) is 5.91 Å². The van der Waals surface area contributed by atoms with E-state index in [1.807, 2.05) is 0 Å². The molecule has 2 aliphatic carbocycles. The number of anilines is 1. The van der Waals surface area contributed by atoms with Crippen LogP contribution >= 0.6 is 47.0 Å². The fourth-order valence-electron chi connectivity index (χ4n) is 3.48. The van der Waals surface area contributed by atoms with Crippen molar-refractivity contribution in [1.29, 1.82) is 0 Å². The average Bonchev–Trinajstić information content (AvgIpc) is 3.16. The van der Waals surface area contributed by atoms with Crippen LogP contribution in [0, 0.1) is 11.8 Å². The molecule has 3 rings (SSSR count). The van der Waals surface area contributed by atoms with Crippen LogP contribution in [0.2, 0.25) is 15.2 Å². The van der Waals surface area contributed by atoms with Gasteiger partial charge in [0.1, 0.15) is 5.02 Å². The van der Waals surface area contributed by atoms with E-state index in [1.54, 1.807) is 0 Å². The molecule has 0 aliphatic heterocycles. The fraction of sp³-hybridized carbons (Fsp3) is 0.500. The molecule has 24 heavy (non-hydrogen) atoms. The van der Waals surface area contributed by atoms with Gasteiger partial charge < -0.3 is 11.1 Å². The Morgan fingerprint density at radius 1 is 1.17 bits per heavy atom. The summed E-state index contributed by atoms with van der Waals surface area (Å²) in [6.07, 6.45) is 4.92. The minimum Gasteiger partial charge on any atom is -0.396 e. The number of hydrazine groups is 1.